The van der Waals surface area contributed by atoms with Gasteiger partial charge >= 0.3 is 0 Å². The molecule has 0 aliphatic heterocycles. The van der Waals surface area contributed by atoms with Gasteiger partial charge in [-0.3, -0.25) is 9.59 Å². The largest absolute Gasteiger partial charge is 0.347 e. The number of nitrogens with zero attached hydrogens (tertiary/aromatic N) is 2. The van der Waals surface area contributed by atoms with Gasteiger partial charge in [0.25, 0.3) is 0 Å². The lowest BCUT2D eigenvalue weighted by molar-refractivity contribution is -0.124. The number of para-hydroxylation sites is 2. The topological polar surface area (TPSA) is 76.0 Å². The molecule has 0 aliphatic carbocycles. The Morgan fingerprint density at radius 2 is 1.68 bits per heavy atom. The van der Waals surface area contributed by atoms with E-state index in [-0.39, 0.29) is 18.4 Å². The van der Waals surface area contributed by atoms with Gasteiger partial charge in [0.2, 0.25) is 11.8 Å². The predicted molar refractivity (Wildman–Crippen MR) is 109 cm³/mol. The Morgan fingerprint density at radius 3 is 2.39 bits per heavy atom. The summed E-state index contributed by atoms with van der Waals surface area (Å²) in [6.07, 6.45) is 4.54. The van der Waals surface area contributed by atoms with Crippen molar-refractivity contribution in [3.8, 4) is 5.69 Å². The number of aromatic nitrogens is 2. The van der Waals surface area contributed by atoms with Gasteiger partial charge in [-0.2, -0.15) is 5.10 Å². The highest BCUT2D eigenvalue weighted by Gasteiger charge is 2.10. The summed E-state index contributed by atoms with van der Waals surface area (Å²) >= 11 is 0. The first-order valence-corrected chi connectivity index (χ1v) is 9.24. The van der Waals surface area contributed by atoms with Gasteiger partial charge in [-0.15, -0.1) is 0 Å². The van der Waals surface area contributed by atoms with Crippen LogP contribution in [-0.2, 0) is 16.0 Å². The third-order valence-corrected chi connectivity index (χ3v) is 4.49. The summed E-state index contributed by atoms with van der Waals surface area (Å²) in [5.41, 5.74) is 4.74. The van der Waals surface area contributed by atoms with Crippen LogP contribution < -0.4 is 10.6 Å². The van der Waals surface area contributed by atoms with E-state index in [1.165, 1.54) is 0 Å². The number of benzene rings is 2. The van der Waals surface area contributed by atoms with E-state index in [1.807, 2.05) is 68.6 Å². The van der Waals surface area contributed by atoms with Crippen molar-refractivity contribution >= 4 is 17.5 Å². The monoisotopic (exact) mass is 376 g/mol. The molecule has 0 atom stereocenters. The van der Waals surface area contributed by atoms with Crippen molar-refractivity contribution in [2.24, 2.45) is 0 Å². The lowest BCUT2D eigenvalue weighted by Gasteiger charge is -2.11. The quantitative estimate of drug-likeness (QED) is 0.665. The van der Waals surface area contributed by atoms with Gasteiger partial charge in [-0.05, 0) is 49.1 Å². The third kappa shape index (κ3) is 5.07. The van der Waals surface area contributed by atoms with E-state index in [2.05, 4.69) is 15.7 Å². The van der Waals surface area contributed by atoms with Crippen molar-refractivity contribution in [3.63, 3.8) is 0 Å². The molecule has 0 saturated carbocycles. The first-order chi connectivity index (χ1) is 13.5. The summed E-state index contributed by atoms with van der Waals surface area (Å²) in [5, 5.41) is 9.86. The summed E-state index contributed by atoms with van der Waals surface area (Å²) in [7, 11) is 0. The van der Waals surface area contributed by atoms with Crippen molar-refractivity contribution < 1.29 is 9.59 Å². The highest BCUT2D eigenvalue weighted by atomic mass is 16.2. The Balaban J connectivity index is 1.45. The van der Waals surface area contributed by atoms with Crippen LogP contribution in [0.2, 0.25) is 0 Å². The zero-order chi connectivity index (χ0) is 19.9. The molecule has 6 heteroatoms. The molecule has 28 heavy (non-hydrogen) atoms. The molecule has 3 aromatic rings. The fraction of sp³-hybridized carbons (Fsp3) is 0.227. The summed E-state index contributed by atoms with van der Waals surface area (Å²) in [4.78, 5) is 24.2. The van der Waals surface area contributed by atoms with Gasteiger partial charge in [0.05, 0.1) is 18.4 Å². The Bertz CT molecular complexity index is 943. The predicted octanol–water partition coefficient (Wildman–Crippen LogP) is 3.18. The van der Waals surface area contributed by atoms with Crippen LogP contribution in [0.3, 0.4) is 0 Å². The number of carbonyl (C=O) groups excluding carboxylic acids is 2. The van der Waals surface area contributed by atoms with Gasteiger partial charge in [0, 0.05) is 18.3 Å². The number of hydrogen-bond acceptors (Lipinski definition) is 3. The zero-order valence-corrected chi connectivity index (χ0v) is 16.1. The molecule has 2 N–H and O–H groups in total. The minimum atomic E-state index is -0.234. The van der Waals surface area contributed by atoms with E-state index in [0.717, 1.165) is 28.1 Å². The maximum Gasteiger partial charge on any atom is 0.243 e. The highest BCUT2D eigenvalue weighted by molar-refractivity contribution is 5.95. The van der Waals surface area contributed by atoms with Crippen LogP contribution in [0.1, 0.15) is 23.1 Å². The van der Waals surface area contributed by atoms with Crippen LogP contribution in [0.25, 0.3) is 5.69 Å². The molecule has 0 radical (unpaired) electrons. The Hall–Kier alpha value is -3.41. The molecule has 1 aromatic heterocycles. The number of nitrogens with one attached hydrogen (secondary N) is 2. The van der Waals surface area contributed by atoms with Crippen molar-refractivity contribution in [1.29, 1.82) is 0 Å². The molecular weight excluding hydrogens is 352 g/mol. The van der Waals surface area contributed by atoms with E-state index < -0.39 is 0 Å². The number of carbonyl (C=O) groups is 2. The van der Waals surface area contributed by atoms with Gasteiger partial charge in [0.1, 0.15) is 0 Å². The molecule has 6 nitrogen and oxygen atoms in total. The molecule has 0 aliphatic rings. The van der Waals surface area contributed by atoms with E-state index in [0.29, 0.717) is 12.8 Å². The molecule has 144 valence electrons. The number of anilines is 1. The second-order valence-corrected chi connectivity index (χ2v) is 6.72. The molecule has 0 saturated heterocycles. The first-order valence-electron chi connectivity index (χ1n) is 9.24. The second-order valence-electron chi connectivity index (χ2n) is 6.72. The standard InChI is InChI=1S/C22H24N4O2/c1-16-7-6-8-17(2)22(16)25-21(28)14-23-20(27)12-11-18-13-24-26(15-18)19-9-4-3-5-10-19/h3-10,13,15H,11-12,14H2,1-2H3,(H,23,27)(H,25,28). The number of amides is 2. The summed E-state index contributed by atoms with van der Waals surface area (Å²) in [6, 6.07) is 15.6. The van der Waals surface area contributed by atoms with Crippen LogP contribution in [0, 0.1) is 13.8 Å². The summed E-state index contributed by atoms with van der Waals surface area (Å²) in [6.45, 7) is 3.84. The average Bonchev–Trinajstić information content (AvgIpc) is 3.17. The highest BCUT2D eigenvalue weighted by Crippen LogP contribution is 2.19. The lowest BCUT2D eigenvalue weighted by Crippen LogP contribution is -2.33. The molecule has 1 heterocycles. The van der Waals surface area contributed by atoms with Gasteiger partial charge in [-0.25, -0.2) is 4.68 Å². The average molecular weight is 376 g/mol. The van der Waals surface area contributed by atoms with E-state index in [4.69, 9.17) is 0 Å². The molecule has 2 amide bonds. The number of aryl methyl sites for hydroxylation is 3. The summed E-state index contributed by atoms with van der Waals surface area (Å²) < 4.78 is 1.78. The number of rotatable bonds is 7. The molecule has 0 fully saturated rings. The van der Waals surface area contributed by atoms with Crippen molar-refractivity contribution in [2.45, 2.75) is 26.7 Å². The third-order valence-electron chi connectivity index (χ3n) is 4.49. The maximum absolute atomic E-state index is 12.1. The van der Waals surface area contributed by atoms with Crippen LogP contribution in [0.4, 0.5) is 5.69 Å². The van der Waals surface area contributed by atoms with E-state index in [1.54, 1.807) is 10.9 Å². The summed E-state index contributed by atoms with van der Waals surface area (Å²) in [5.74, 6) is -0.397. The molecule has 2 aromatic carbocycles. The Kier molecular flexibility index (Phi) is 6.22. The van der Waals surface area contributed by atoms with Gasteiger partial charge in [-0.1, -0.05) is 36.4 Å². The maximum atomic E-state index is 12.1. The number of hydrogen-bond donors (Lipinski definition) is 2. The van der Waals surface area contributed by atoms with E-state index in [9.17, 15) is 9.59 Å². The zero-order valence-electron chi connectivity index (χ0n) is 16.1. The lowest BCUT2D eigenvalue weighted by atomic mass is 10.1. The van der Waals surface area contributed by atoms with Crippen molar-refractivity contribution in [3.05, 3.63) is 77.6 Å². The molecule has 0 bridgehead atoms. The van der Waals surface area contributed by atoms with Crippen LogP contribution in [-0.4, -0.2) is 28.1 Å². The van der Waals surface area contributed by atoms with Crippen molar-refractivity contribution in [2.75, 3.05) is 11.9 Å². The smallest absolute Gasteiger partial charge is 0.243 e. The second kappa shape index (κ2) is 8.99. The van der Waals surface area contributed by atoms with Crippen molar-refractivity contribution in [1.82, 2.24) is 15.1 Å². The first kappa shape index (κ1) is 19.4. The van der Waals surface area contributed by atoms with Crippen LogP contribution >= 0.6 is 0 Å². The minimum absolute atomic E-state index is 0.0457. The fourth-order valence-electron chi connectivity index (χ4n) is 2.93. The molecule has 0 spiro atoms. The minimum Gasteiger partial charge on any atom is -0.347 e. The molecule has 3 rings (SSSR count). The Labute approximate surface area is 164 Å². The molecular formula is C22H24N4O2. The fourth-order valence-corrected chi connectivity index (χ4v) is 2.93. The van der Waals surface area contributed by atoms with Crippen LogP contribution in [0.5, 0.6) is 0 Å². The molecule has 0 unspecified atom stereocenters. The van der Waals surface area contributed by atoms with Gasteiger partial charge in [0.15, 0.2) is 0 Å². The normalized spacial score (nSPS) is 10.5. The van der Waals surface area contributed by atoms with Gasteiger partial charge < -0.3 is 10.6 Å². The van der Waals surface area contributed by atoms with E-state index >= 15 is 0 Å². The van der Waals surface area contributed by atoms with Crippen LogP contribution in [0.15, 0.2) is 60.9 Å². The SMILES string of the molecule is Cc1cccc(C)c1NC(=O)CNC(=O)CCc1cnn(-c2ccccc2)c1. The Morgan fingerprint density at radius 1 is 0.964 bits per heavy atom.